The van der Waals surface area contributed by atoms with Crippen LogP contribution in [0.1, 0.15) is 24.3 Å². The second-order valence-electron chi connectivity index (χ2n) is 5.26. The highest BCUT2D eigenvalue weighted by atomic mass is 35.5. The molecule has 3 aromatic rings. The summed E-state index contributed by atoms with van der Waals surface area (Å²) in [7, 11) is 1.97. The van der Waals surface area contributed by atoms with E-state index in [1.807, 2.05) is 49.3 Å². The molecule has 0 N–H and O–H groups in total. The second kappa shape index (κ2) is 6.89. The van der Waals surface area contributed by atoms with Crippen molar-refractivity contribution >= 4 is 11.6 Å². The predicted octanol–water partition coefficient (Wildman–Crippen LogP) is 2.50. The van der Waals surface area contributed by atoms with Gasteiger partial charge in [-0.1, -0.05) is 28.9 Å². The molecule has 0 unspecified atom stereocenters. The number of hydrogen-bond donors (Lipinski definition) is 0. The molecular weight excluding hydrogens is 316 g/mol. The molecule has 0 aliphatic rings. The zero-order valence-electron chi connectivity index (χ0n) is 13.0. The average Bonchev–Trinajstić information content (AvgIpc) is 3.17. The third-order valence-electron chi connectivity index (χ3n) is 3.30. The molecule has 7 nitrogen and oxygen atoms in total. The van der Waals surface area contributed by atoms with Crippen LogP contribution in [0, 0.1) is 0 Å². The van der Waals surface area contributed by atoms with Crippen molar-refractivity contribution in [2.45, 2.75) is 26.4 Å². The Bertz CT molecular complexity index is 766. The summed E-state index contributed by atoms with van der Waals surface area (Å²) < 4.78 is 6.92. The number of halogens is 1. The summed E-state index contributed by atoms with van der Waals surface area (Å²) in [5, 5.41) is 12.9. The molecule has 0 bridgehead atoms. The Balaban J connectivity index is 1.62. The minimum absolute atomic E-state index is 0.570. The Hall–Kier alpha value is -2.25. The third kappa shape index (κ3) is 3.94. The van der Waals surface area contributed by atoms with E-state index in [1.54, 1.807) is 4.68 Å². The lowest BCUT2D eigenvalue weighted by Crippen LogP contribution is -2.17. The molecule has 8 heteroatoms. The van der Waals surface area contributed by atoms with Crippen molar-refractivity contribution in [3.63, 3.8) is 0 Å². The number of benzene rings is 1. The first-order chi connectivity index (χ1) is 11.1. The van der Waals surface area contributed by atoms with Crippen LogP contribution in [-0.2, 0) is 19.5 Å². The van der Waals surface area contributed by atoms with E-state index in [2.05, 4.69) is 20.5 Å². The summed E-state index contributed by atoms with van der Waals surface area (Å²) in [4.78, 5) is 6.34. The second-order valence-corrected chi connectivity index (χ2v) is 5.70. The largest absolute Gasteiger partial charge is 0.338 e. The summed E-state index contributed by atoms with van der Waals surface area (Å²) >= 11 is 5.89. The molecular formula is C15H17ClN6O. The molecule has 0 aliphatic carbocycles. The Morgan fingerprint density at radius 1 is 1.22 bits per heavy atom. The van der Waals surface area contributed by atoms with Gasteiger partial charge in [-0.25, -0.2) is 4.68 Å². The quantitative estimate of drug-likeness (QED) is 0.690. The highest BCUT2D eigenvalue weighted by Gasteiger charge is 2.11. The lowest BCUT2D eigenvalue weighted by atomic mass is 10.3. The third-order valence-corrected chi connectivity index (χ3v) is 3.55. The lowest BCUT2D eigenvalue weighted by Gasteiger charge is -2.11. The molecule has 0 saturated heterocycles. The van der Waals surface area contributed by atoms with E-state index in [0.29, 0.717) is 24.0 Å². The molecule has 0 aliphatic heterocycles. The Morgan fingerprint density at radius 2 is 2.00 bits per heavy atom. The van der Waals surface area contributed by atoms with Gasteiger partial charge in [-0.2, -0.15) is 4.98 Å². The summed E-state index contributed by atoms with van der Waals surface area (Å²) in [5.41, 5.74) is 1.78. The lowest BCUT2D eigenvalue weighted by molar-refractivity contribution is 0.258. The first-order valence-corrected chi connectivity index (χ1v) is 7.69. The monoisotopic (exact) mass is 332 g/mol. The van der Waals surface area contributed by atoms with Crippen molar-refractivity contribution in [2.75, 3.05) is 7.05 Å². The SMILES string of the molecule is CCc1noc(CN(C)Cc2cn(-c3ccc(Cl)cc3)nn2)n1. The maximum absolute atomic E-state index is 5.89. The maximum atomic E-state index is 5.89. The fourth-order valence-corrected chi connectivity index (χ4v) is 2.28. The van der Waals surface area contributed by atoms with Crippen LogP contribution in [0.2, 0.25) is 5.02 Å². The summed E-state index contributed by atoms with van der Waals surface area (Å²) in [6.07, 6.45) is 2.66. The van der Waals surface area contributed by atoms with Crippen molar-refractivity contribution in [3.8, 4) is 5.69 Å². The summed E-state index contributed by atoms with van der Waals surface area (Å²) in [5.74, 6) is 1.33. The molecule has 1 aromatic carbocycles. The highest BCUT2D eigenvalue weighted by Crippen LogP contribution is 2.13. The van der Waals surface area contributed by atoms with Gasteiger partial charge < -0.3 is 4.52 Å². The molecule has 0 atom stereocenters. The smallest absolute Gasteiger partial charge is 0.240 e. The minimum atomic E-state index is 0.570. The zero-order chi connectivity index (χ0) is 16.2. The van der Waals surface area contributed by atoms with E-state index in [-0.39, 0.29) is 0 Å². The molecule has 0 amide bonds. The van der Waals surface area contributed by atoms with E-state index in [9.17, 15) is 0 Å². The average molecular weight is 333 g/mol. The maximum Gasteiger partial charge on any atom is 0.240 e. The minimum Gasteiger partial charge on any atom is -0.338 e. The van der Waals surface area contributed by atoms with Crippen LogP contribution in [0.25, 0.3) is 5.69 Å². The van der Waals surface area contributed by atoms with Gasteiger partial charge in [0.05, 0.1) is 24.1 Å². The predicted molar refractivity (Wildman–Crippen MR) is 85.2 cm³/mol. The standard InChI is InChI=1S/C15H17ClN6O/c1-3-14-17-15(23-19-14)10-21(2)8-12-9-22(20-18-12)13-6-4-11(16)5-7-13/h4-7,9H,3,8,10H2,1-2H3. The molecule has 2 aromatic heterocycles. The number of nitrogens with zero attached hydrogens (tertiary/aromatic N) is 6. The Labute approximate surface area is 138 Å². The van der Waals surface area contributed by atoms with Gasteiger partial charge in [0.15, 0.2) is 5.82 Å². The van der Waals surface area contributed by atoms with Crippen LogP contribution in [-0.4, -0.2) is 37.1 Å². The van der Waals surface area contributed by atoms with Crippen molar-refractivity contribution in [1.82, 2.24) is 30.0 Å². The number of aromatic nitrogens is 5. The van der Waals surface area contributed by atoms with Gasteiger partial charge in [-0.15, -0.1) is 5.10 Å². The van der Waals surface area contributed by atoms with Crippen LogP contribution >= 0.6 is 11.6 Å². The molecule has 0 radical (unpaired) electrons. The van der Waals surface area contributed by atoms with Crippen molar-refractivity contribution in [1.29, 1.82) is 0 Å². The van der Waals surface area contributed by atoms with Crippen LogP contribution < -0.4 is 0 Å². The van der Waals surface area contributed by atoms with Crippen LogP contribution in [0.15, 0.2) is 35.0 Å². The van der Waals surface area contributed by atoms with Gasteiger partial charge in [0.1, 0.15) is 0 Å². The van der Waals surface area contributed by atoms with Crippen molar-refractivity contribution in [3.05, 3.63) is 52.9 Å². The van der Waals surface area contributed by atoms with Gasteiger partial charge >= 0.3 is 0 Å². The summed E-state index contributed by atoms with van der Waals surface area (Å²) in [6.45, 7) is 3.20. The first-order valence-electron chi connectivity index (χ1n) is 7.31. The number of hydrogen-bond acceptors (Lipinski definition) is 6. The highest BCUT2D eigenvalue weighted by molar-refractivity contribution is 6.30. The Morgan fingerprint density at radius 3 is 2.70 bits per heavy atom. The topological polar surface area (TPSA) is 72.9 Å². The van der Waals surface area contributed by atoms with Gasteiger partial charge in [0.25, 0.3) is 0 Å². The van der Waals surface area contributed by atoms with E-state index in [1.165, 1.54) is 0 Å². The molecule has 0 fully saturated rings. The molecule has 0 saturated carbocycles. The van der Waals surface area contributed by atoms with E-state index < -0.39 is 0 Å². The first kappa shape index (κ1) is 15.6. The normalized spacial score (nSPS) is 11.3. The summed E-state index contributed by atoms with van der Waals surface area (Å²) in [6, 6.07) is 7.45. The number of aryl methyl sites for hydroxylation is 1. The molecule has 3 rings (SSSR count). The van der Waals surface area contributed by atoms with E-state index in [4.69, 9.17) is 16.1 Å². The van der Waals surface area contributed by atoms with E-state index >= 15 is 0 Å². The van der Waals surface area contributed by atoms with Gasteiger partial charge in [-0.05, 0) is 31.3 Å². The fraction of sp³-hybridized carbons (Fsp3) is 0.333. The van der Waals surface area contributed by atoms with Crippen molar-refractivity contribution in [2.24, 2.45) is 0 Å². The van der Waals surface area contributed by atoms with Gasteiger partial charge in [0, 0.05) is 18.0 Å². The van der Waals surface area contributed by atoms with E-state index in [0.717, 1.165) is 23.6 Å². The molecule has 0 spiro atoms. The fourth-order valence-electron chi connectivity index (χ4n) is 2.15. The molecule has 2 heterocycles. The Kier molecular flexibility index (Phi) is 4.68. The van der Waals surface area contributed by atoms with Gasteiger partial charge in [-0.3, -0.25) is 4.90 Å². The molecule has 23 heavy (non-hydrogen) atoms. The van der Waals surface area contributed by atoms with Gasteiger partial charge in [0.2, 0.25) is 5.89 Å². The van der Waals surface area contributed by atoms with Crippen LogP contribution in [0.5, 0.6) is 0 Å². The van der Waals surface area contributed by atoms with Crippen molar-refractivity contribution < 1.29 is 4.52 Å². The molecule has 120 valence electrons. The zero-order valence-corrected chi connectivity index (χ0v) is 13.7. The van der Waals surface area contributed by atoms with Crippen LogP contribution in [0.3, 0.4) is 0 Å². The number of rotatable bonds is 6. The van der Waals surface area contributed by atoms with Crippen LogP contribution in [0.4, 0.5) is 0 Å².